The van der Waals surface area contributed by atoms with E-state index < -0.39 is 0 Å². The maximum Gasteiger partial charge on any atom is 0.0491 e. The number of thiol groups is 1. The Balaban J connectivity index is 0.000000181. The number of rotatable bonds is 2. The van der Waals surface area contributed by atoms with Gasteiger partial charge < -0.3 is 5.32 Å². The van der Waals surface area contributed by atoms with Crippen LogP contribution in [0.4, 0.5) is 0 Å². The quantitative estimate of drug-likeness (QED) is 0.620. The van der Waals surface area contributed by atoms with Crippen molar-refractivity contribution < 1.29 is 0 Å². The fraction of sp³-hybridized carbons (Fsp3) is 0.462. The average Bonchev–Trinajstić information content (AvgIpc) is 2.32. The van der Waals surface area contributed by atoms with Crippen molar-refractivity contribution in [1.29, 1.82) is 0 Å². The molecule has 0 saturated carbocycles. The summed E-state index contributed by atoms with van der Waals surface area (Å²) in [5.41, 5.74) is 1.22. The number of hydrogen-bond acceptors (Lipinski definition) is 2. The highest BCUT2D eigenvalue weighted by molar-refractivity contribution is 8.11. The molecule has 1 fully saturated rings. The van der Waals surface area contributed by atoms with Crippen LogP contribution >= 0.6 is 24.8 Å². The lowest BCUT2D eigenvalue weighted by molar-refractivity contribution is 0.520. The van der Waals surface area contributed by atoms with Crippen molar-refractivity contribution in [2.45, 2.75) is 25.7 Å². The lowest BCUT2D eigenvalue weighted by Crippen LogP contribution is -2.21. The fourth-order valence-electron chi connectivity index (χ4n) is 1.57. The molecule has 1 N–H and O–H groups in total. The molecule has 1 aliphatic rings. The molecule has 3 heteroatoms. The highest BCUT2D eigenvalue weighted by atomic mass is 32.1. The molecule has 0 atom stereocenters. The second-order valence-electron chi connectivity index (χ2n) is 3.87. The van der Waals surface area contributed by atoms with Gasteiger partial charge in [0.25, 0.3) is 0 Å². The van der Waals surface area contributed by atoms with E-state index in [0.29, 0.717) is 0 Å². The van der Waals surface area contributed by atoms with Crippen LogP contribution in [0.25, 0.3) is 0 Å². The highest BCUT2D eigenvalue weighted by Gasteiger charge is 1.93. The van der Waals surface area contributed by atoms with Crippen molar-refractivity contribution in [1.82, 2.24) is 5.32 Å². The van der Waals surface area contributed by atoms with Gasteiger partial charge in [-0.2, -0.15) is 0 Å². The van der Waals surface area contributed by atoms with Gasteiger partial charge in [0.05, 0.1) is 0 Å². The molecular weight excluding hydrogens is 234 g/mol. The summed E-state index contributed by atoms with van der Waals surface area (Å²) in [6.07, 6.45) is 5.01. The molecule has 1 nitrogen and oxygen atoms in total. The standard InChI is InChI=1S/C8H8S2.C5H11N/c9-8(10)6-7-4-2-1-3-5-7;1-2-4-6-5-3-1/h1-5H,6H2,(H,9,10);6H,1-5H2. The maximum atomic E-state index is 4.84. The summed E-state index contributed by atoms with van der Waals surface area (Å²) in [4.78, 5) is 0. The number of thiocarbonyl (C=S) groups is 1. The lowest BCUT2D eigenvalue weighted by atomic mass is 10.2. The molecule has 0 amide bonds. The third-order valence-corrected chi connectivity index (χ3v) is 2.71. The number of nitrogens with one attached hydrogen (secondary N) is 1. The van der Waals surface area contributed by atoms with Crippen LogP contribution in [0.1, 0.15) is 24.8 Å². The van der Waals surface area contributed by atoms with Gasteiger partial charge in [-0.1, -0.05) is 49.0 Å². The van der Waals surface area contributed by atoms with Gasteiger partial charge in [0.1, 0.15) is 0 Å². The molecule has 0 spiro atoms. The molecule has 1 heterocycles. The van der Waals surface area contributed by atoms with Gasteiger partial charge in [-0.05, 0) is 31.5 Å². The summed E-state index contributed by atoms with van der Waals surface area (Å²) in [5.74, 6) is 0. The Bertz CT molecular complexity index is 283. The van der Waals surface area contributed by atoms with Gasteiger partial charge in [-0.15, -0.1) is 12.6 Å². The lowest BCUT2D eigenvalue weighted by Gasteiger charge is -2.08. The van der Waals surface area contributed by atoms with Crippen LogP contribution in [0.3, 0.4) is 0 Å². The van der Waals surface area contributed by atoms with Crippen LogP contribution in [0.2, 0.25) is 0 Å². The first-order valence-corrected chi connectivity index (χ1v) is 6.61. The van der Waals surface area contributed by atoms with E-state index in [1.54, 1.807) is 0 Å². The monoisotopic (exact) mass is 253 g/mol. The van der Waals surface area contributed by atoms with Crippen molar-refractivity contribution in [2.75, 3.05) is 13.1 Å². The normalized spacial score (nSPS) is 14.8. The molecular formula is C13H19NS2. The largest absolute Gasteiger partial charge is 0.317 e. The van der Waals surface area contributed by atoms with Crippen LogP contribution in [0, 0.1) is 0 Å². The van der Waals surface area contributed by atoms with Crippen molar-refractivity contribution in [3.63, 3.8) is 0 Å². The molecule has 1 saturated heterocycles. The SMILES string of the molecule is C1CCNCC1.S=C(S)Cc1ccccc1. The van der Waals surface area contributed by atoms with Crippen LogP contribution in [0.5, 0.6) is 0 Å². The van der Waals surface area contributed by atoms with E-state index in [1.807, 2.05) is 30.3 Å². The average molecular weight is 253 g/mol. The molecule has 0 radical (unpaired) electrons. The van der Waals surface area contributed by atoms with Gasteiger partial charge in [0, 0.05) is 10.6 Å². The molecule has 88 valence electrons. The van der Waals surface area contributed by atoms with E-state index in [2.05, 4.69) is 17.9 Å². The third-order valence-electron chi connectivity index (χ3n) is 2.41. The molecule has 0 aliphatic carbocycles. The summed E-state index contributed by atoms with van der Waals surface area (Å²) < 4.78 is 0.742. The van der Waals surface area contributed by atoms with Crippen LogP contribution in [0.15, 0.2) is 30.3 Å². The van der Waals surface area contributed by atoms with Gasteiger partial charge >= 0.3 is 0 Å². The Labute approximate surface area is 109 Å². The predicted octanol–water partition coefficient (Wildman–Crippen LogP) is 3.25. The Hall–Kier alpha value is -0.380. The van der Waals surface area contributed by atoms with Gasteiger partial charge in [0.15, 0.2) is 0 Å². The minimum absolute atomic E-state index is 0.742. The summed E-state index contributed by atoms with van der Waals surface area (Å²) in [6, 6.07) is 10.1. The third kappa shape index (κ3) is 6.99. The molecule has 0 aromatic heterocycles. The maximum absolute atomic E-state index is 4.84. The Morgan fingerprint density at radius 3 is 2.12 bits per heavy atom. The first kappa shape index (κ1) is 13.7. The van der Waals surface area contributed by atoms with Crippen LogP contribution in [-0.4, -0.2) is 17.3 Å². The minimum atomic E-state index is 0.742. The second kappa shape index (κ2) is 8.74. The summed E-state index contributed by atoms with van der Waals surface area (Å²) in [7, 11) is 0. The van der Waals surface area contributed by atoms with Crippen LogP contribution < -0.4 is 5.32 Å². The zero-order valence-corrected chi connectivity index (χ0v) is 11.2. The Morgan fingerprint density at radius 1 is 1.12 bits per heavy atom. The van der Waals surface area contributed by atoms with Gasteiger partial charge in [-0.25, -0.2) is 0 Å². The summed E-state index contributed by atoms with van der Waals surface area (Å²) >= 11 is 8.88. The van der Waals surface area contributed by atoms with E-state index >= 15 is 0 Å². The van der Waals surface area contributed by atoms with E-state index in [-0.39, 0.29) is 0 Å². The van der Waals surface area contributed by atoms with Crippen LogP contribution in [-0.2, 0) is 6.42 Å². The molecule has 2 rings (SSSR count). The summed E-state index contributed by atoms with van der Waals surface area (Å²) in [5, 5.41) is 3.28. The Kier molecular flexibility index (Phi) is 7.47. The smallest absolute Gasteiger partial charge is 0.0491 e. The molecule has 1 aliphatic heterocycles. The van der Waals surface area contributed by atoms with Gasteiger partial charge in [0.2, 0.25) is 0 Å². The van der Waals surface area contributed by atoms with Crippen molar-refractivity contribution >= 4 is 29.0 Å². The Morgan fingerprint density at radius 2 is 1.75 bits per heavy atom. The van der Waals surface area contributed by atoms with Gasteiger partial charge in [-0.3, -0.25) is 0 Å². The molecule has 1 aromatic rings. The predicted molar refractivity (Wildman–Crippen MR) is 78.5 cm³/mol. The number of hydrogen-bond donors (Lipinski definition) is 2. The first-order valence-electron chi connectivity index (χ1n) is 5.75. The van der Waals surface area contributed by atoms with E-state index in [4.69, 9.17) is 12.2 Å². The highest BCUT2D eigenvalue weighted by Crippen LogP contribution is 2.02. The molecule has 16 heavy (non-hydrogen) atoms. The number of piperidine rings is 1. The summed E-state index contributed by atoms with van der Waals surface area (Å²) in [6.45, 7) is 2.50. The van der Waals surface area contributed by atoms with Crippen molar-refractivity contribution in [2.24, 2.45) is 0 Å². The topological polar surface area (TPSA) is 12.0 Å². The van der Waals surface area contributed by atoms with E-state index in [9.17, 15) is 0 Å². The molecule has 0 bridgehead atoms. The van der Waals surface area contributed by atoms with E-state index in [1.165, 1.54) is 37.9 Å². The van der Waals surface area contributed by atoms with Crippen molar-refractivity contribution in [3.05, 3.63) is 35.9 Å². The minimum Gasteiger partial charge on any atom is -0.317 e. The molecule has 1 aromatic carbocycles. The van der Waals surface area contributed by atoms with Crippen molar-refractivity contribution in [3.8, 4) is 0 Å². The number of benzene rings is 1. The molecule has 0 unspecified atom stereocenters. The zero-order chi connectivity index (χ0) is 11.6. The second-order valence-corrected chi connectivity index (χ2v) is 5.20. The fourth-order valence-corrected chi connectivity index (χ4v) is 1.92. The first-order chi connectivity index (χ1) is 7.79. The van der Waals surface area contributed by atoms with E-state index in [0.717, 1.165) is 10.6 Å². The zero-order valence-electron chi connectivity index (χ0n) is 9.48.